The Balaban J connectivity index is 2.77. The SMILES string of the molecule is C#CCN(CC(=O)O)Cc1csc(N(CC)C(C)=O)n1. The summed E-state index contributed by atoms with van der Waals surface area (Å²) in [7, 11) is 0. The summed E-state index contributed by atoms with van der Waals surface area (Å²) in [5, 5.41) is 11.2. The Labute approximate surface area is 122 Å². The van der Waals surface area contributed by atoms with Crippen LogP contribution in [0.5, 0.6) is 0 Å². The molecule has 6 nitrogen and oxygen atoms in total. The minimum absolute atomic E-state index is 0.0700. The molecule has 1 aromatic rings. The number of hydrogen-bond donors (Lipinski definition) is 1. The number of amides is 1. The van der Waals surface area contributed by atoms with Crippen LogP contribution in [0.15, 0.2) is 5.38 Å². The summed E-state index contributed by atoms with van der Waals surface area (Å²) in [5.74, 6) is 1.42. The zero-order valence-electron chi connectivity index (χ0n) is 11.5. The third-order valence-corrected chi connectivity index (χ3v) is 3.44. The van der Waals surface area contributed by atoms with Crippen molar-refractivity contribution in [1.82, 2.24) is 9.88 Å². The zero-order valence-corrected chi connectivity index (χ0v) is 12.3. The Morgan fingerprint density at radius 2 is 2.25 bits per heavy atom. The summed E-state index contributed by atoms with van der Waals surface area (Å²) in [4.78, 5) is 29.7. The van der Waals surface area contributed by atoms with Crippen LogP contribution in [0.3, 0.4) is 0 Å². The Morgan fingerprint density at radius 1 is 1.55 bits per heavy atom. The third kappa shape index (κ3) is 4.64. The second-order valence-electron chi connectivity index (χ2n) is 4.13. The molecule has 0 atom stereocenters. The number of anilines is 1. The van der Waals surface area contributed by atoms with E-state index in [0.717, 1.165) is 0 Å². The highest BCUT2D eigenvalue weighted by atomic mass is 32.1. The van der Waals surface area contributed by atoms with Crippen molar-refractivity contribution in [1.29, 1.82) is 0 Å². The summed E-state index contributed by atoms with van der Waals surface area (Å²) < 4.78 is 0. The van der Waals surface area contributed by atoms with E-state index in [1.807, 2.05) is 12.3 Å². The minimum atomic E-state index is -0.936. The highest BCUT2D eigenvalue weighted by molar-refractivity contribution is 7.14. The van der Waals surface area contributed by atoms with Crippen LogP contribution in [-0.4, -0.2) is 46.5 Å². The van der Waals surface area contributed by atoms with Crippen LogP contribution in [0.25, 0.3) is 0 Å². The van der Waals surface area contributed by atoms with E-state index in [-0.39, 0.29) is 19.0 Å². The fourth-order valence-corrected chi connectivity index (χ4v) is 2.63. The number of terminal acetylenes is 1. The number of carbonyl (C=O) groups excluding carboxylic acids is 1. The summed E-state index contributed by atoms with van der Waals surface area (Å²) in [6.45, 7) is 4.36. The van der Waals surface area contributed by atoms with Gasteiger partial charge in [-0.3, -0.25) is 19.4 Å². The van der Waals surface area contributed by atoms with Gasteiger partial charge in [-0.05, 0) is 6.92 Å². The third-order valence-electron chi connectivity index (χ3n) is 2.53. The standard InChI is InChI=1S/C13H17N3O3S/c1-4-6-15(8-12(18)19)7-11-9-20-13(14-11)16(5-2)10(3)17/h1,9H,5-8H2,2-3H3,(H,18,19). The molecule has 0 aromatic carbocycles. The largest absolute Gasteiger partial charge is 0.480 e. The van der Waals surface area contributed by atoms with Crippen molar-refractivity contribution in [2.24, 2.45) is 0 Å². The van der Waals surface area contributed by atoms with Gasteiger partial charge in [0.1, 0.15) is 0 Å². The second-order valence-corrected chi connectivity index (χ2v) is 4.96. The molecule has 0 saturated carbocycles. The lowest BCUT2D eigenvalue weighted by molar-refractivity contribution is -0.138. The molecule has 0 saturated heterocycles. The molecule has 1 N–H and O–H groups in total. The van der Waals surface area contributed by atoms with Crippen LogP contribution >= 0.6 is 11.3 Å². The lowest BCUT2D eigenvalue weighted by Gasteiger charge is -2.16. The number of carboxylic acids is 1. The first-order chi connectivity index (χ1) is 9.47. The molecule has 0 fully saturated rings. The van der Waals surface area contributed by atoms with Gasteiger partial charge in [0.25, 0.3) is 0 Å². The van der Waals surface area contributed by atoms with Crippen molar-refractivity contribution in [3.8, 4) is 12.3 Å². The Morgan fingerprint density at radius 3 is 2.75 bits per heavy atom. The second kappa shape index (κ2) is 7.62. The molecule has 108 valence electrons. The van der Waals surface area contributed by atoms with E-state index >= 15 is 0 Å². The van der Waals surface area contributed by atoms with E-state index in [4.69, 9.17) is 11.5 Å². The van der Waals surface area contributed by atoms with Gasteiger partial charge in [0.2, 0.25) is 5.91 Å². The molecule has 0 aliphatic carbocycles. The predicted molar refractivity (Wildman–Crippen MR) is 77.6 cm³/mol. The van der Waals surface area contributed by atoms with Gasteiger partial charge in [-0.15, -0.1) is 17.8 Å². The van der Waals surface area contributed by atoms with Crippen LogP contribution in [0.4, 0.5) is 5.13 Å². The maximum absolute atomic E-state index is 11.4. The molecular weight excluding hydrogens is 278 g/mol. The Hall–Kier alpha value is -1.91. The molecule has 0 bridgehead atoms. The van der Waals surface area contributed by atoms with Gasteiger partial charge in [0.05, 0.1) is 18.8 Å². The summed E-state index contributed by atoms with van der Waals surface area (Å²) in [6.07, 6.45) is 5.22. The van der Waals surface area contributed by atoms with E-state index < -0.39 is 5.97 Å². The number of hydrogen-bond acceptors (Lipinski definition) is 5. The first-order valence-corrected chi connectivity index (χ1v) is 6.96. The maximum Gasteiger partial charge on any atom is 0.317 e. The molecule has 0 aliphatic rings. The Kier molecular flexibility index (Phi) is 6.15. The van der Waals surface area contributed by atoms with E-state index in [2.05, 4.69) is 10.9 Å². The van der Waals surface area contributed by atoms with E-state index in [1.165, 1.54) is 18.3 Å². The first kappa shape index (κ1) is 16.1. The highest BCUT2D eigenvalue weighted by Crippen LogP contribution is 2.21. The average molecular weight is 295 g/mol. The van der Waals surface area contributed by atoms with E-state index in [1.54, 1.807) is 9.80 Å². The van der Waals surface area contributed by atoms with Crippen molar-refractivity contribution in [3.05, 3.63) is 11.1 Å². The average Bonchev–Trinajstić information content (AvgIpc) is 2.77. The van der Waals surface area contributed by atoms with E-state index in [9.17, 15) is 9.59 Å². The van der Waals surface area contributed by atoms with Gasteiger partial charge in [-0.2, -0.15) is 0 Å². The predicted octanol–water partition coefficient (Wildman–Crippen LogP) is 1.04. The monoisotopic (exact) mass is 295 g/mol. The van der Waals surface area contributed by atoms with Gasteiger partial charge in [-0.1, -0.05) is 5.92 Å². The van der Waals surface area contributed by atoms with Gasteiger partial charge >= 0.3 is 5.97 Å². The van der Waals surface area contributed by atoms with E-state index in [0.29, 0.717) is 23.9 Å². The maximum atomic E-state index is 11.4. The normalized spacial score (nSPS) is 10.3. The molecule has 7 heteroatoms. The quantitative estimate of drug-likeness (QED) is 0.761. The van der Waals surface area contributed by atoms with Crippen molar-refractivity contribution in [2.75, 3.05) is 24.5 Å². The summed E-state index contributed by atoms with van der Waals surface area (Å²) >= 11 is 1.36. The first-order valence-electron chi connectivity index (χ1n) is 6.08. The van der Waals surface area contributed by atoms with Crippen LogP contribution in [-0.2, 0) is 16.1 Å². The molecule has 1 rings (SSSR count). The molecule has 0 radical (unpaired) electrons. The van der Waals surface area contributed by atoms with Crippen molar-refractivity contribution < 1.29 is 14.7 Å². The molecule has 20 heavy (non-hydrogen) atoms. The van der Waals surface area contributed by atoms with Crippen molar-refractivity contribution in [2.45, 2.75) is 20.4 Å². The number of carbonyl (C=O) groups is 2. The molecule has 0 aliphatic heterocycles. The number of aliphatic carboxylic acids is 1. The number of nitrogens with zero attached hydrogens (tertiary/aromatic N) is 3. The molecule has 0 unspecified atom stereocenters. The number of rotatable bonds is 7. The van der Waals surface area contributed by atoms with Crippen LogP contribution in [0.1, 0.15) is 19.5 Å². The lowest BCUT2D eigenvalue weighted by atomic mass is 10.4. The van der Waals surface area contributed by atoms with Crippen molar-refractivity contribution in [3.63, 3.8) is 0 Å². The molecule has 0 spiro atoms. The van der Waals surface area contributed by atoms with Crippen LogP contribution in [0, 0.1) is 12.3 Å². The summed E-state index contributed by atoms with van der Waals surface area (Å²) in [6, 6.07) is 0. The minimum Gasteiger partial charge on any atom is -0.480 e. The van der Waals surface area contributed by atoms with Gasteiger partial charge < -0.3 is 5.11 Å². The summed E-state index contributed by atoms with van der Waals surface area (Å²) in [5.41, 5.74) is 0.709. The van der Waals surface area contributed by atoms with Gasteiger partial charge in [0, 0.05) is 25.4 Å². The fraction of sp³-hybridized carbons (Fsp3) is 0.462. The lowest BCUT2D eigenvalue weighted by Crippen LogP contribution is -2.30. The number of aromatic nitrogens is 1. The van der Waals surface area contributed by atoms with Gasteiger partial charge in [-0.25, -0.2) is 4.98 Å². The number of thiazole rings is 1. The van der Waals surface area contributed by atoms with Crippen LogP contribution in [0.2, 0.25) is 0 Å². The smallest absolute Gasteiger partial charge is 0.317 e. The zero-order chi connectivity index (χ0) is 15.1. The molecule has 1 aromatic heterocycles. The van der Waals surface area contributed by atoms with Gasteiger partial charge in [0.15, 0.2) is 5.13 Å². The fourth-order valence-electron chi connectivity index (χ4n) is 1.70. The van der Waals surface area contributed by atoms with Crippen molar-refractivity contribution >= 4 is 28.3 Å². The highest BCUT2D eigenvalue weighted by Gasteiger charge is 2.15. The number of carboxylic acid groups (broad SMARTS) is 1. The topological polar surface area (TPSA) is 73.7 Å². The molecule has 1 amide bonds. The molecule has 1 heterocycles. The Bertz CT molecular complexity index is 521. The van der Waals surface area contributed by atoms with Crippen LogP contribution < -0.4 is 4.90 Å². The molecular formula is C13H17N3O3S.